The fourth-order valence-electron chi connectivity index (χ4n) is 3.64. The largest absolute Gasteiger partial charge is 0.387 e. The predicted molar refractivity (Wildman–Crippen MR) is 98.1 cm³/mol. The number of aliphatic hydroxyl groups excluding tert-OH is 1. The van der Waals surface area contributed by atoms with Crippen molar-refractivity contribution >= 4 is 0 Å². The minimum atomic E-state index is -0.393. The van der Waals surface area contributed by atoms with Crippen molar-refractivity contribution in [3.8, 4) is 0 Å². The highest BCUT2D eigenvalue weighted by atomic mass is 16.5. The third kappa shape index (κ3) is 5.39. The maximum Gasteiger partial charge on any atom is 0.150 e. The molecular weight excluding hydrogens is 314 g/mol. The second kappa shape index (κ2) is 8.61. The van der Waals surface area contributed by atoms with Crippen LogP contribution in [0, 0.1) is 12.8 Å². The van der Waals surface area contributed by atoms with Gasteiger partial charge in [-0.05, 0) is 51.4 Å². The molecule has 0 unspecified atom stereocenters. The zero-order chi connectivity index (χ0) is 17.6. The van der Waals surface area contributed by atoms with Crippen molar-refractivity contribution in [2.75, 3.05) is 33.2 Å². The standard InChI is InChI=1S/C20H29N3O2/c1-16-12-19(25-21-16)14-22(2)13-17-8-10-23(11-9-17)15-20(24)18-6-4-3-5-7-18/h3-7,12,17,20,24H,8-11,13-15H2,1-2H3/t20-/m0/s1. The Morgan fingerprint density at radius 3 is 2.64 bits per heavy atom. The molecule has 0 saturated carbocycles. The summed E-state index contributed by atoms with van der Waals surface area (Å²) < 4.78 is 5.30. The minimum absolute atomic E-state index is 0.393. The van der Waals surface area contributed by atoms with E-state index in [1.54, 1.807) is 0 Å². The Balaban J connectivity index is 1.39. The van der Waals surface area contributed by atoms with Gasteiger partial charge >= 0.3 is 0 Å². The lowest BCUT2D eigenvalue weighted by Gasteiger charge is -2.34. The predicted octanol–water partition coefficient (Wildman–Crippen LogP) is 2.86. The highest BCUT2D eigenvalue weighted by molar-refractivity contribution is 5.17. The smallest absolute Gasteiger partial charge is 0.150 e. The molecule has 5 nitrogen and oxygen atoms in total. The molecule has 0 spiro atoms. The van der Waals surface area contributed by atoms with E-state index in [1.807, 2.05) is 43.3 Å². The van der Waals surface area contributed by atoms with Crippen LogP contribution in [0.25, 0.3) is 0 Å². The van der Waals surface area contributed by atoms with Gasteiger partial charge in [-0.25, -0.2) is 0 Å². The molecule has 1 aromatic carbocycles. The highest BCUT2D eigenvalue weighted by Gasteiger charge is 2.22. The fraction of sp³-hybridized carbons (Fsp3) is 0.550. The van der Waals surface area contributed by atoms with E-state index in [9.17, 15) is 5.11 Å². The number of hydrogen-bond acceptors (Lipinski definition) is 5. The number of likely N-dealkylation sites (tertiary alicyclic amines) is 1. The molecular formula is C20H29N3O2. The fourth-order valence-corrected chi connectivity index (χ4v) is 3.64. The lowest BCUT2D eigenvalue weighted by Crippen LogP contribution is -2.39. The van der Waals surface area contributed by atoms with E-state index in [-0.39, 0.29) is 0 Å². The van der Waals surface area contributed by atoms with E-state index in [0.29, 0.717) is 5.92 Å². The summed E-state index contributed by atoms with van der Waals surface area (Å²) in [6.45, 7) is 6.69. The maximum atomic E-state index is 10.4. The molecule has 2 aromatic rings. The van der Waals surface area contributed by atoms with E-state index in [2.05, 4.69) is 22.0 Å². The van der Waals surface area contributed by atoms with Crippen molar-refractivity contribution in [2.24, 2.45) is 5.92 Å². The summed E-state index contributed by atoms with van der Waals surface area (Å²) in [6, 6.07) is 11.9. The van der Waals surface area contributed by atoms with Gasteiger partial charge in [0.25, 0.3) is 0 Å². The van der Waals surface area contributed by atoms with Crippen molar-refractivity contribution in [1.29, 1.82) is 0 Å². The Bertz CT molecular complexity index is 635. The van der Waals surface area contributed by atoms with Gasteiger partial charge in [0.2, 0.25) is 0 Å². The van der Waals surface area contributed by atoms with Gasteiger partial charge in [-0.2, -0.15) is 0 Å². The first-order chi connectivity index (χ1) is 12.1. The summed E-state index contributed by atoms with van der Waals surface area (Å²) in [5.74, 6) is 1.64. The normalized spacial score (nSPS) is 17.9. The minimum Gasteiger partial charge on any atom is -0.387 e. The van der Waals surface area contributed by atoms with Crippen LogP contribution >= 0.6 is 0 Å². The molecule has 1 aliphatic heterocycles. The van der Waals surface area contributed by atoms with Crippen molar-refractivity contribution in [3.63, 3.8) is 0 Å². The molecule has 1 saturated heterocycles. The molecule has 1 fully saturated rings. The first kappa shape index (κ1) is 18.1. The number of aryl methyl sites for hydroxylation is 1. The zero-order valence-corrected chi connectivity index (χ0v) is 15.3. The molecule has 2 heterocycles. The summed E-state index contributed by atoms with van der Waals surface area (Å²) >= 11 is 0. The molecule has 0 amide bonds. The van der Waals surface area contributed by atoms with Crippen LogP contribution < -0.4 is 0 Å². The average Bonchev–Trinajstić information content (AvgIpc) is 3.02. The number of nitrogens with zero attached hydrogens (tertiary/aromatic N) is 3. The Kier molecular flexibility index (Phi) is 6.24. The van der Waals surface area contributed by atoms with Gasteiger partial charge in [0, 0.05) is 19.2 Å². The molecule has 1 atom stereocenters. The summed E-state index contributed by atoms with van der Waals surface area (Å²) in [5, 5.41) is 14.3. The number of rotatable bonds is 7. The molecule has 136 valence electrons. The van der Waals surface area contributed by atoms with Crippen molar-refractivity contribution in [2.45, 2.75) is 32.4 Å². The molecule has 0 bridgehead atoms. The van der Waals surface area contributed by atoms with Crippen LogP contribution in [0.1, 0.15) is 36.0 Å². The second-order valence-corrected chi connectivity index (χ2v) is 7.30. The Morgan fingerprint density at radius 2 is 2.00 bits per heavy atom. The van der Waals surface area contributed by atoms with Crippen LogP contribution in [-0.4, -0.2) is 53.3 Å². The summed E-state index contributed by atoms with van der Waals surface area (Å²) in [7, 11) is 2.14. The summed E-state index contributed by atoms with van der Waals surface area (Å²) in [5.41, 5.74) is 1.94. The number of piperidine rings is 1. The van der Waals surface area contributed by atoms with Crippen LogP contribution in [0.3, 0.4) is 0 Å². The molecule has 1 N–H and O–H groups in total. The Labute approximate surface area is 150 Å². The van der Waals surface area contributed by atoms with Crippen LogP contribution in [0.15, 0.2) is 40.9 Å². The molecule has 1 aliphatic rings. The monoisotopic (exact) mass is 343 g/mol. The quantitative estimate of drug-likeness (QED) is 0.838. The van der Waals surface area contributed by atoms with Gasteiger partial charge in [0.15, 0.2) is 5.76 Å². The van der Waals surface area contributed by atoms with Crippen molar-refractivity contribution in [3.05, 3.63) is 53.4 Å². The lowest BCUT2D eigenvalue weighted by atomic mass is 9.95. The van der Waals surface area contributed by atoms with Crippen LogP contribution in [0.4, 0.5) is 0 Å². The van der Waals surface area contributed by atoms with Crippen LogP contribution in [0.2, 0.25) is 0 Å². The second-order valence-electron chi connectivity index (χ2n) is 7.30. The third-order valence-electron chi connectivity index (χ3n) is 5.00. The molecule has 5 heteroatoms. The van der Waals surface area contributed by atoms with Crippen molar-refractivity contribution < 1.29 is 9.63 Å². The van der Waals surface area contributed by atoms with E-state index < -0.39 is 6.10 Å². The number of aromatic nitrogens is 1. The third-order valence-corrected chi connectivity index (χ3v) is 5.00. The van der Waals surface area contributed by atoms with Gasteiger partial charge in [-0.1, -0.05) is 35.5 Å². The average molecular weight is 343 g/mol. The van der Waals surface area contributed by atoms with Gasteiger partial charge in [0.1, 0.15) is 0 Å². The molecule has 25 heavy (non-hydrogen) atoms. The summed E-state index contributed by atoms with van der Waals surface area (Å²) in [4.78, 5) is 4.70. The highest BCUT2D eigenvalue weighted by Crippen LogP contribution is 2.22. The van der Waals surface area contributed by atoms with Crippen molar-refractivity contribution in [1.82, 2.24) is 15.0 Å². The van der Waals surface area contributed by atoms with E-state index >= 15 is 0 Å². The molecule has 3 rings (SSSR count). The number of aliphatic hydroxyl groups is 1. The SMILES string of the molecule is Cc1cc(CN(C)CC2CCN(C[C@H](O)c3ccccc3)CC2)on1. The van der Waals surface area contributed by atoms with Gasteiger partial charge in [-0.15, -0.1) is 0 Å². The number of benzene rings is 1. The first-order valence-corrected chi connectivity index (χ1v) is 9.16. The molecule has 0 aliphatic carbocycles. The Hall–Kier alpha value is -1.69. The first-order valence-electron chi connectivity index (χ1n) is 9.16. The topological polar surface area (TPSA) is 52.7 Å². The van der Waals surface area contributed by atoms with Crippen LogP contribution in [0.5, 0.6) is 0 Å². The van der Waals surface area contributed by atoms with E-state index in [4.69, 9.17) is 4.52 Å². The molecule has 0 radical (unpaired) electrons. The molecule has 1 aromatic heterocycles. The maximum absolute atomic E-state index is 10.4. The van der Waals surface area contributed by atoms with Gasteiger partial charge < -0.3 is 14.5 Å². The lowest BCUT2D eigenvalue weighted by molar-refractivity contribution is 0.0818. The van der Waals surface area contributed by atoms with Crippen LogP contribution in [-0.2, 0) is 6.54 Å². The Morgan fingerprint density at radius 1 is 1.28 bits per heavy atom. The van der Waals surface area contributed by atoms with E-state index in [1.165, 1.54) is 12.8 Å². The van der Waals surface area contributed by atoms with E-state index in [0.717, 1.165) is 49.7 Å². The van der Waals surface area contributed by atoms with Gasteiger partial charge in [0.05, 0.1) is 18.3 Å². The number of hydrogen-bond donors (Lipinski definition) is 1. The van der Waals surface area contributed by atoms with Gasteiger partial charge in [-0.3, -0.25) is 4.90 Å². The summed E-state index contributed by atoms with van der Waals surface area (Å²) in [6.07, 6.45) is 1.97. The number of β-amino-alcohol motifs (C(OH)–C–C–N with tert-alkyl or cyclic N) is 1. The zero-order valence-electron chi connectivity index (χ0n) is 15.3.